The van der Waals surface area contributed by atoms with Gasteiger partial charge in [0.2, 0.25) is 0 Å². The van der Waals surface area contributed by atoms with Crippen molar-refractivity contribution in [2.75, 3.05) is 5.32 Å². The van der Waals surface area contributed by atoms with Gasteiger partial charge in [-0.25, -0.2) is 4.98 Å². The molecule has 0 spiro atoms. The molecule has 0 aliphatic rings. The number of hydrogen-bond acceptors (Lipinski definition) is 4. The van der Waals surface area contributed by atoms with Crippen LogP contribution in [0.4, 0.5) is 11.5 Å². The molecule has 0 amide bonds. The van der Waals surface area contributed by atoms with Crippen molar-refractivity contribution in [2.24, 2.45) is 14.1 Å². The van der Waals surface area contributed by atoms with Gasteiger partial charge in [0, 0.05) is 25.5 Å². The minimum atomic E-state index is 0.877. The summed E-state index contributed by atoms with van der Waals surface area (Å²) in [5.74, 6) is 0.948. The van der Waals surface area contributed by atoms with Gasteiger partial charge < -0.3 is 5.32 Å². The number of anilines is 2. The summed E-state index contributed by atoms with van der Waals surface area (Å²) in [6.07, 6.45) is 0. The highest BCUT2D eigenvalue weighted by Crippen LogP contribution is 2.34. The van der Waals surface area contributed by atoms with Crippen molar-refractivity contribution in [2.45, 2.75) is 13.8 Å². The largest absolute Gasteiger partial charge is 0.339 e. The first-order chi connectivity index (χ1) is 11.0. The van der Waals surface area contributed by atoms with Crippen molar-refractivity contribution in [1.82, 2.24) is 24.5 Å². The SMILES string of the molecule is Cc1cc(Nc2c3ccccc3nc3c2c(C)nn3C)n(C)n1. The summed E-state index contributed by atoms with van der Waals surface area (Å²) in [5.41, 5.74) is 4.79. The predicted octanol–water partition coefficient (Wildman–Crippen LogP) is 3.22. The normalized spacial score (nSPS) is 11.5. The summed E-state index contributed by atoms with van der Waals surface area (Å²) >= 11 is 0. The number of aromatic nitrogens is 5. The molecule has 0 aliphatic carbocycles. The van der Waals surface area contributed by atoms with Gasteiger partial charge in [-0.05, 0) is 19.9 Å². The second kappa shape index (κ2) is 4.81. The highest BCUT2D eigenvalue weighted by molar-refractivity contribution is 6.08. The molecule has 1 N–H and O–H groups in total. The molecule has 4 rings (SSSR count). The molecule has 0 aliphatic heterocycles. The number of aryl methyl sites for hydroxylation is 4. The average Bonchev–Trinajstić information content (AvgIpc) is 2.98. The molecular formula is C17H18N6. The van der Waals surface area contributed by atoms with Crippen LogP contribution < -0.4 is 5.32 Å². The van der Waals surface area contributed by atoms with E-state index in [-0.39, 0.29) is 0 Å². The first-order valence-electron chi connectivity index (χ1n) is 7.54. The second-order valence-electron chi connectivity index (χ2n) is 5.83. The van der Waals surface area contributed by atoms with Crippen molar-refractivity contribution in [3.8, 4) is 0 Å². The lowest BCUT2D eigenvalue weighted by atomic mass is 10.1. The Morgan fingerprint density at radius 3 is 2.52 bits per heavy atom. The molecule has 0 saturated heterocycles. The van der Waals surface area contributed by atoms with Gasteiger partial charge in [0.15, 0.2) is 5.65 Å². The highest BCUT2D eigenvalue weighted by Gasteiger charge is 2.16. The molecule has 3 aromatic heterocycles. The topological polar surface area (TPSA) is 60.6 Å². The van der Waals surface area contributed by atoms with Crippen LogP contribution in [0.25, 0.3) is 21.9 Å². The van der Waals surface area contributed by atoms with Crippen molar-refractivity contribution < 1.29 is 0 Å². The Morgan fingerprint density at radius 1 is 1.00 bits per heavy atom. The maximum atomic E-state index is 4.77. The Kier molecular flexibility index (Phi) is 2.87. The van der Waals surface area contributed by atoms with Gasteiger partial charge in [0.25, 0.3) is 0 Å². The van der Waals surface area contributed by atoms with Gasteiger partial charge in [0.1, 0.15) is 5.82 Å². The van der Waals surface area contributed by atoms with Crippen LogP contribution in [0.2, 0.25) is 0 Å². The number of fused-ring (bicyclic) bond motifs is 2. The van der Waals surface area contributed by atoms with Crippen LogP contribution in [0.3, 0.4) is 0 Å². The molecule has 0 atom stereocenters. The average molecular weight is 306 g/mol. The van der Waals surface area contributed by atoms with E-state index in [1.54, 1.807) is 0 Å². The van der Waals surface area contributed by atoms with Crippen LogP contribution in [0.5, 0.6) is 0 Å². The minimum absolute atomic E-state index is 0.877. The molecule has 6 nitrogen and oxygen atoms in total. The number of pyridine rings is 1. The third-order valence-corrected chi connectivity index (χ3v) is 4.10. The first kappa shape index (κ1) is 13.8. The van der Waals surface area contributed by atoms with Gasteiger partial charge in [-0.15, -0.1) is 0 Å². The van der Waals surface area contributed by atoms with E-state index in [9.17, 15) is 0 Å². The van der Waals surface area contributed by atoms with Gasteiger partial charge in [-0.3, -0.25) is 9.36 Å². The lowest BCUT2D eigenvalue weighted by Crippen LogP contribution is -2.01. The fourth-order valence-electron chi connectivity index (χ4n) is 3.08. The van der Waals surface area contributed by atoms with Gasteiger partial charge in [-0.2, -0.15) is 10.2 Å². The predicted molar refractivity (Wildman–Crippen MR) is 92.0 cm³/mol. The number of nitrogens with one attached hydrogen (secondary N) is 1. The van der Waals surface area contributed by atoms with Crippen molar-refractivity contribution in [3.63, 3.8) is 0 Å². The van der Waals surface area contributed by atoms with Crippen LogP contribution in [0, 0.1) is 13.8 Å². The Morgan fingerprint density at radius 2 is 1.78 bits per heavy atom. The summed E-state index contributed by atoms with van der Waals surface area (Å²) < 4.78 is 3.68. The summed E-state index contributed by atoms with van der Waals surface area (Å²) in [5, 5.41) is 14.6. The van der Waals surface area contributed by atoms with Gasteiger partial charge >= 0.3 is 0 Å². The molecule has 4 aromatic rings. The highest BCUT2D eigenvalue weighted by atomic mass is 15.3. The van der Waals surface area contributed by atoms with Gasteiger partial charge in [0.05, 0.1) is 28.0 Å². The molecular weight excluding hydrogens is 288 g/mol. The summed E-state index contributed by atoms with van der Waals surface area (Å²) in [7, 11) is 3.86. The van der Waals surface area contributed by atoms with Crippen LogP contribution in [0.1, 0.15) is 11.4 Å². The second-order valence-corrected chi connectivity index (χ2v) is 5.83. The fourth-order valence-corrected chi connectivity index (χ4v) is 3.08. The molecule has 116 valence electrons. The molecule has 0 bridgehead atoms. The Labute approximate surface area is 133 Å². The molecule has 0 unspecified atom stereocenters. The van der Waals surface area contributed by atoms with E-state index in [1.165, 1.54) is 0 Å². The van der Waals surface area contributed by atoms with E-state index in [0.29, 0.717) is 0 Å². The van der Waals surface area contributed by atoms with E-state index in [0.717, 1.165) is 44.8 Å². The lowest BCUT2D eigenvalue weighted by molar-refractivity contribution is 0.765. The minimum Gasteiger partial charge on any atom is -0.339 e. The number of nitrogens with zero attached hydrogens (tertiary/aromatic N) is 5. The third kappa shape index (κ3) is 2.06. The third-order valence-electron chi connectivity index (χ3n) is 4.10. The molecule has 0 saturated carbocycles. The smallest absolute Gasteiger partial charge is 0.160 e. The standard InChI is InChI=1S/C17H18N6/c1-10-9-14(22(3)20-10)19-16-12-7-5-6-8-13(12)18-17-15(16)11(2)21-23(17)4/h5-9H,1-4H3,(H,18,19). The van der Waals surface area contributed by atoms with Crippen LogP contribution >= 0.6 is 0 Å². The zero-order valence-corrected chi connectivity index (χ0v) is 13.6. The maximum absolute atomic E-state index is 4.77. The van der Waals surface area contributed by atoms with Crippen LogP contribution in [-0.2, 0) is 14.1 Å². The van der Waals surface area contributed by atoms with E-state index in [4.69, 9.17) is 4.98 Å². The molecule has 6 heteroatoms. The Balaban J connectivity index is 2.06. The number of para-hydroxylation sites is 1. The fraction of sp³-hybridized carbons (Fsp3) is 0.235. The van der Waals surface area contributed by atoms with E-state index in [1.807, 2.05) is 61.6 Å². The van der Waals surface area contributed by atoms with E-state index < -0.39 is 0 Å². The quantitative estimate of drug-likeness (QED) is 0.618. The molecule has 0 radical (unpaired) electrons. The van der Waals surface area contributed by atoms with E-state index in [2.05, 4.69) is 21.6 Å². The summed E-state index contributed by atoms with van der Waals surface area (Å²) in [6.45, 7) is 4.00. The van der Waals surface area contributed by atoms with E-state index >= 15 is 0 Å². The van der Waals surface area contributed by atoms with Crippen molar-refractivity contribution in [3.05, 3.63) is 41.7 Å². The molecule has 1 aromatic carbocycles. The van der Waals surface area contributed by atoms with Crippen molar-refractivity contribution >= 4 is 33.4 Å². The van der Waals surface area contributed by atoms with Crippen LogP contribution in [0.15, 0.2) is 30.3 Å². The Bertz CT molecular complexity index is 1040. The lowest BCUT2D eigenvalue weighted by Gasteiger charge is -2.11. The first-order valence-corrected chi connectivity index (χ1v) is 7.54. The molecule has 0 fully saturated rings. The number of rotatable bonds is 2. The summed E-state index contributed by atoms with van der Waals surface area (Å²) in [4.78, 5) is 4.77. The number of hydrogen-bond donors (Lipinski definition) is 1. The molecule has 23 heavy (non-hydrogen) atoms. The van der Waals surface area contributed by atoms with Crippen molar-refractivity contribution in [1.29, 1.82) is 0 Å². The van der Waals surface area contributed by atoms with Gasteiger partial charge in [-0.1, -0.05) is 18.2 Å². The Hall–Kier alpha value is -2.89. The maximum Gasteiger partial charge on any atom is 0.160 e. The zero-order chi connectivity index (χ0) is 16.1. The molecule has 3 heterocycles. The number of benzene rings is 1. The monoisotopic (exact) mass is 306 g/mol. The summed E-state index contributed by atoms with van der Waals surface area (Å²) in [6, 6.07) is 10.2. The zero-order valence-electron chi connectivity index (χ0n) is 13.6. The van der Waals surface area contributed by atoms with Crippen LogP contribution in [-0.4, -0.2) is 24.5 Å².